The van der Waals surface area contributed by atoms with Crippen LogP contribution in [-0.2, 0) is 0 Å². The summed E-state index contributed by atoms with van der Waals surface area (Å²) in [6.45, 7) is 0. The largest absolute Gasteiger partial charge is 0.581 e. The van der Waals surface area contributed by atoms with Gasteiger partial charge in [0, 0.05) is 0 Å². The highest BCUT2D eigenvalue weighted by molar-refractivity contribution is 7.08. The topological polar surface area (TPSA) is 0 Å². The van der Waals surface area contributed by atoms with Crippen molar-refractivity contribution in [3.63, 3.8) is 0 Å². The molecule has 12 aromatic rings. The van der Waals surface area contributed by atoms with Crippen LogP contribution in [0.3, 0.4) is 0 Å². The van der Waals surface area contributed by atoms with Gasteiger partial charge in [-0.1, -0.05) is 18.2 Å². The Bertz CT molecular complexity index is 5420. The molecular formula is C73H15Al2F43. The molecule has 0 aliphatic carbocycles. The molecule has 614 valence electrons. The average Bonchev–Trinajstić information content (AvgIpc) is 0.684. The first-order valence-electron chi connectivity index (χ1n) is 30.6. The van der Waals surface area contributed by atoms with E-state index in [0.29, 0.717) is 0 Å². The summed E-state index contributed by atoms with van der Waals surface area (Å²) < 4.78 is 619. The first kappa shape index (κ1) is 88.9. The minimum atomic E-state index is -10.3. The van der Waals surface area contributed by atoms with Gasteiger partial charge in [0.05, 0.1) is 39.3 Å². The van der Waals surface area contributed by atoms with Gasteiger partial charge in [-0.2, -0.15) is 0 Å². The van der Waals surface area contributed by atoms with Crippen LogP contribution in [0.1, 0.15) is 16.7 Å². The SMILES string of the molecule is Fc1c(F)c(F)[c]([Al]([c]2c(F)c(F)c(F)c(F)c2F)[c]2c(F)c(F)c(F)c(F)c2F)c(F)c1F.Fc1c(F)c(F)c(-c2c(F)c(F)c(F)c(F)[c]2[Al-]([F])([c]2c(F)c(F)c(F)c(F)c2-c2c(F)c(F)c(F)c(F)c2F)[c]2c(F)c(F)c(F)c(F)c2-c2c(F)c(F)c(F)c(F)c2F)c(F)c1F.c1ccc([C+](c2ccccc2)c2ccccc2)cc1. The number of rotatable bonds is 12. The van der Waals surface area contributed by atoms with Crippen LogP contribution in [0.2, 0.25) is 0 Å². The molecule has 0 spiro atoms. The maximum absolute atomic E-state index is 19.3. The fraction of sp³-hybridized carbons (Fsp3) is 0. The minimum absolute atomic E-state index is 1.25. The number of halogens is 43. The summed E-state index contributed by atoms with van der Waals surface area (Å²) in [5.41, 5.74) is -18.0. The van der Waals surface area contributed by atoms with E-state index in [4.69, 9.17) is 0 Å². The summed E-state index contributed by atoms with van der Waals surface area (Å²) in [6, 6.07) is 31.6. The molecule has 12 aromatic carbocycles. The molecule has 0 bridgehead atoms. The highest BCUT2D eigenvalue weighted by atomic mass is 27.3. The monoisotopic (exact) mass is 1760 g/mol. The van der Waals surface area contributed by atoms with Crippen LogP contribution in [0.15, 0.2) is 91.0 Å². The second kappa shape index (κ2) is 33.2. The van der Waals surface area contributed by atoms with Crippen LogP contribution in [0.5, 0.6) is 0 Å². The van der Waals surface area contributed by atoms with E-state index in [2.05, 4.69) is 91.0 Å². The number of hydrogen-bond acceptors (Lipinski definition) is 0. The van der Waals surface area contributed by atoms with Gasteiger partial charge in [-0.3, -0.25) is 0 Å². The van der Waals surface area contributed by atoms with Crippen molar-refractivity contribution in [2.24, 2.45) is 0 Å². The summed E-state index contributed by atoms with van der Waals surface area (Å²) in [7, 11) is 0. The first-order valence-corrected chi connectivity index (χ1v) is 34.5. The predicted octanol–water partition coefficient (Wildman–Crippen LogP) is 20.4. The van der Waals surface area contributed by atoms with Crippen molar-refractivity contribution in [1.29, 1.82) is 0 Å². The van der Waals surface area contributed by atoms with E-state index in [0.717, 1.165) is 0 Å². The Morgan fingerprint density at radius 3 is 0.441 bits per heavy atom. The molecule has 0 atom stereocenters. The molecule has 0 radical (unpaired) electrons. The van der Waals surface area contributed by atoms with E-state index in [1.165, 1.54) is 22.6 Å². The van der Waals surface area contributed by atoms with Crippen molar-refractivity contribution < 1.29 is 188 Å². The normalized spacial score (nSPS) is 11.5. The standard InChI is InChI=1S/C19H15.3C12F9.3C6F5.2Al.FH/c1-4-10-16(11-5-1)19(17-12-6-2-7-13-17)18-14-8-3-9-15-18;3*13-3-1-2(5(14)9(18)6(3)15)4-7(16)10(19)12(21)11(20)8(4)17;3*7-2-1-3(8)5(10)6(11)4(2)9;;;/h1-15H;;;;;;;;;1H/q+1;;;;;;;;;/p-1. The molecule has 0 fully saturated rings. The zero-order valence-corrected chi connectivity index (χ0v) is 57.4. The Labute approximate surface area is 631 Å². The van der Waals surface area contributed by atoms with Gasteiger partial charge in [-0.05, 0) is 103 Å². The summed E-state index contributed by atoms with van der Waals surface area (Å²) >= 11 is -16.3. The van der Waals surface area contributed by atoms with E-state index in [1.807, 2.05) is 0 Å². The molecule has 12 rings (SSSR count). The fourth-order valence-corrected chi connectivity index (χ4v) is 19.5. The maximum atomic E-state index is 19.3. The lowest BCUT2D eigenvalue weighted by molar-refractivity contribution is 0.379. The molecule has 0 saturated heterocycles. The molecule has 45 heteroatoms. The Balaban J connectivity index is 0.000000226. The molecule has 0 amide bonds. The summed E-state index contributed by atoms with van der Waals surface area (Å²) in [5.74, 6) is -145. The van der Waals surface area contributed by atoms with Crippen LogP contribution >= 0.6 is 0 Å². The fourth-order valence-electron chi connectivity index (χ4n) is 12.1. The highest BCUT2D eigenvalue weighted by Gasteiger charge is 2.56. The van der Waals surface area contributed by atoms with Crippen molar-refractivity contribution in [1.82, 2.24) is 0 Å². The van der Waals surface area contributed by atoms with E-state index in [-0.39, 0.29) is 0 Å². The van der Waals surface area contributed by atoms with Gasteiger partial charge in [0.2, 0.25) is 17.5 Å². The van der Waals surface area contributed by atoms with Gasteiger partial charge in [-0.25, -0.2) is 184 Å². The summed E-state index contributed by atoms with van der Waals surface area (Å²) in [6.07, 6.45) is 0. The molecule has 0 aliphatic heterocycles. The van der Waals surface area contributed by atoms with Crippen LogP contribution in [0.25, 0.3) is 33.4 Å². The van der Waals surface area contributed by atoms with Gasteiger partial charge >= 0.3 is 27.7 Å². The third-order valence-corrected chi connectivity index (χ3v) is 24.5. The molecule has 0 aromatic heterocycles. The lowest BCUT2D eigenvalue weighted by Gasteiger charge is -2.38. The number of hydrogen-bond donors (Lipinski definition) is 0. The zero-order chi connectivity index (χ0) is 88.2. The second-order valence-electron chi connectivity index (χ2n) is 23.6. The Morgan fingerprint density at radius 2 is 0.280 bits per heavy atom. The van der Waals surface area contributed by atoms with Crippen molar-refractivity contribution >= 4 is 54.2 Å². The molecule has 118 heavy (non-hydrogen) atoms. The van der Waals surface area contributed by atoms with Gasteiger partial charge in [0.15, 0.2) is 209 Å². The molecule has 0 nitrogen and oxygen atoms in total. The second-order valence-corrected chi connectivity index (χ2v) is 29.4. The van der Waals surface area contributed by atoms with Crippen LogP contribution < -0.4 is 26.6 Å². The first-order chi connectivity index (χ1) is 55.1. The van der Waals surface area contributed by atoms with Gasteiger partial charge in [-0.15, -0.1) is 13.3 Å². The van der Waals surface area contributed by atoms with E-state index >= 15 is 82.6 Å². The number of benzene rings is 12. The minimum Gasteiger partial charge on any atom is -0.581 e. The molecule has 0 N–H and O–H groups in total. The van der Waals surface area contributed by atoms with Crippen LogP contribution in [0.4, 0.5) is 188 Å². The van der Waals surface area contributed by atoms with E-state index < -0.39 is 332 Å². The van der Waals surface area contributed by atoms with E-state index in [1.54, 1.807) is 0 Å². The summed E-state index contributed by atoms with van der Waals surface area (Å²) in [5, 5.41) is 0. The van der Waals surface area contributed by atoms with Gasteiger partial charge < -0.3 is 3.52 Å². The lowest BCUT2D eigenvalue weighted by Crippen LogP contribution is -2.69. The Morgan fingerprint density at radius 1 is 0.153 bits per heavy atom. The van der Waals surface area contributed by atoms with Crippen LogP contribution in [0, 0.1) is 250 Å². The molecule has 0 saturated carbocycles. The van der Waals surface area contributed by atoms with Crippen molar-refractivity contribution in [3.05, 3.63) is 358 Å². The third kappa shape index (κ3) is 14.0. The van der Waals surface area contributed by atoms with Crippen LogP contribution in [-0.4, -0.2) is 27.7 Å². The molecule has 0 unspecified atom stereocenters. The van der Waals surface area contributed by atoms with Gasteiger partial charge in [0.25, 0.3) is 0 Å². The zero-order valence-electron chi connectivity index (χ0n) is 55.1. The van der Waals surface area contributed by atoms with Crippen molar-refractivity contribution in [2.75, 3.05) is 0 Å². The summed E-state index contributed by atoms with van der Waals surface area (Å²) in [4.78, 5) is 0. The third-order valence-electron chi connectivity index (χ3n) is 17.3. The lowest BCUT2D eigenvalue weighted by atomic mass is 9.85. The smallest absolute Gasteiger partial charge is 0.449 e. The van der Waals surface area contributed by atoms with Gasteiger partial charge in [0.1, 0.15) is 17.5 Å². The maximum Gasteiger partial charge on any atom is 0.449 e. The molecule has 0 heterocycles. The molecule has 0 aliphatic rings. The quantitative estimate of drug-likeness (QED) is 0.0286. The predicted molar refractivity (Wildman–Crippen MR) is 323 cm³/mol. The Kier molecular flexibility index (Phi) is 25.0. The average molecular weight is 1760 g/mol. The van der Waals surface area contributed by atoms with E-state index in [9.17, 15) is 105 Å². The van der Waals surface area contributed by atoms with Crippen molar-refractivity contribution in [2.45, 2.75) is 0 Å². The van der Waals surface area contributed by atoms with Crippen molar-refractivity contribution in [3.8, 4) is 33.4 Å². The molecular weight excluding hydrogens is 1750 g/mol. The Hall–Kier alpha value is -11.4. The highest BCUT2D eigenvalue weighted by Crippen LogP contribution is 2.44.